The second kappa shape index (κ2) is 5.51. The third-order valence-electron chi connectivity index (χ3n) is 2.44. The number of aromatic nitrogens is 2. The van der Waals surface area contributed by atoms with E-state index in [0.717, 1.165) is 11.3 Å². The highest BCUT2D eigenvalue weighted by Gasteiger charge is 2.01. The number of aliphatic hydroxyl groups excluding tert-OH is 1. The molecule has 18 heavy (non-hydrogen) atoms. The van der Waals surface area contributed by atoms with Crippen LogP contribution in [-0.2, 0) is 0 Å². The van der Waals surface area contributed by atoms with Crippen LogP contribution >= 0.6 is 0 Å². The van der Waals surface area contributed by atoms with Gasteiger partial charge in [0.1, 0.15) is 5.83 Å². The summed E-state index contributed by atoms with van der Waals surface area (Å²) in [5, 5.41) is 8.60. The lowest BCUT2D eigenvalue weighted by Crippen LogP contribution is -1.90. The van der Waals surface area contributed by atoms with E-state index >= 15 is 0 Å². The van der Waals surface area contributed by atoms with E-state index in [1.54, 1.807) is 18.3 Å². The zero-order valence-corrected chi connectivity index (χ0v) is 9.97. The fourth-order valence-corrected chi connectivity index (χ4v) is 1.54. The molecule has 0 aliphatic rings. The first-order chi connectivity index (χ1) is 8.69. The van der Waals surface area contributed by atoms with Crippen molar-refractivity contribution in [3.05, 3.63) is 53.6 Å². The predicted molar refractivity (Wildman–Crippen MR) is 68.4 cm³/mol. The maximum absolute atomic E-state index is 12.9. The number of aryl methyl sites for hydroxylation is 1. The van der Waals surface area contributed by atoms with Crippen molar-refractivity contribution in [2.45, 2.75) is 6.92 Å². The number of benzene rings is 1. The number of hydrogen-bond donors (Lipinski definition) is 1. The molecule has 0 aliphatic carbocycles. The summed E-state index contributed by atoms with van der Waals surface area (Å²) in [5.74, 6) is 0.0858. The van der Waals surface area contributed by atoms with Gasteiger partial charge in [0.15, 0.2) is 5.82 Å². The van der Waals surface area contributed by atoms with E-state index in [0.29, 0.717) is 11.4 Å². The fourth-order valence-electron chi connectivity index (χ4n) is 1.54. The molecule has 92 valence electrons. The molecule has 0 atom stereocenters. The molecule has 1 aromatic heterocycles. The Kier molecular flexibility index (Phi) is 3.79. The molecule has 2 rings (SSSR count). The van der Waals surface area contributed by atoms with Crippen LogP contribution in [0, 0.1) is 6.92 Å². The molecule has 3 nitrogen and oxygen atoms in total. The van der Waals surface area contributed by atoms with Gasteiger partial charge >= 0.3 is 0 Å². The van der Waals surface area contributed by atoms with Crippen molar-refractivity contribution in [3.8, 4) is 11.4 Å². The van der Waals surface area contributed by atoms with Gasteiger partial charge in [-0.2, -0.15) is 0 Å². The van der Waals surface area contributed by atoms with Crippen LogP contribution in [0.2, 0.25) is 0 Å². The Labute approximate surface area is 105 Å². The van der Waals surface area contributed by atoms with Crippen molar-refractivity contribution in [2.75, 3.05) is 6.61 Å². The van der Waals surface area contributed by atoms with Gasteiger partial charge in [0.25, 0.3) is 0 Å². The smallest absolute Gasteiger partial charge is 0.159 e. The summed E-state index contributed by atoms with van der Waals surface area (Å²) in [4.78, 5) is 8.49. The van der Waals surface area contributed by atoms with Gasteiger partial charge in [0.05, 0.1) is 6.61 Å². The van der Waals surface area contributed by atoms with Crippen molar-refractivity contribution in [1.82, 2.24) is 9.97 Å². The largest absolute Gasteiger partial charge is 0.389 e. The minimum absolute atomic E-state index is 0.561. The van der Waals surface area contributed by atoms with Crippen LogP contribution < -0.4 is 0 Å². The molecule has 0 unspecified atom stereocenters. The van der Waals surface area contributed by atoms with Gasteiger partial charge < -0.3 is 5.11 Å². The molecule has 0 fully saturated rings. The highest BCUT2D eigenvalue weighted by Crippen LogP contribution is 2.17. The predicted octanol–water partition coefficient (Wildman–Crippen LogP) is 2.75. The summed E-state index contributed by atoms with van der Waals surface area (Å²) < 4.78 is 12.9. The highest BCUT2D eigenvalue weighted by molar-refractivity contribution is 5.60. The topological polar surface area (TPSA) is 46.0 Å². The van der Waals surface area contributed by atoms with Crippen LogP contribution in [-0.4, -0.2) is 21.7 Å². The Bertz CT molecular complexity index is 564. The van der Waals surface area contributed by atoms with Crippen LogP contribution in [0.3, 0.4) is 0 Å². The minimum atomic E-state index is -0.581. The van der Waals surface area contributed by atoms with Crippen molar-refractivity contribution in [3.63, 3.8) is 0 Å². The second-order valence-corrected chi connectivity index (χ2v) is 3.89. The third kappa shape index (κ3) is 2.99. The Morgan fingerprint density at radius 1 is 1.28 bits per heavy atom. The minimum Gasteiger partial charge on any atom is -0.389 e. The molecule has 0 bridgehead atoms. The Hall–Kier alpha value is -2.07. The lowest BCUT2D eigenvalue weighted by molar-refractivity contribution is 0.300. The molecule has 1 N–H and O–H groups in total. The van der Waals surface area contributed by atoms with Gasteiger partial charge in [-0.3, -0.25) is 0 Å². The first kappa shape index (κ1) is 12.4. The Balaban J connectivity index is 2.28. The van der Waals surface area contributed by atoms with E-state index in [1.807, 2.05) is 25.1 Å². The summed E-state index contributed by atoms with van der Waals surface area (Å²) in [6.07, 6.45) is 3.00. The second-order valence-electron chi connectivity index (χ2n) is 3.89. The molecule has 0 amide bonds. The van der Waals surface area contributed by atoms with Gasteiger partial charge in [0, 0.05) is 17.5 Å². The fraction of sp³-hybridized carbons (Fsp3) is 0.143. The van der Waals surface area contributed by atoms with Gasteiger partial charge in [-0.1, -0.05) is 24.3 Å². The number of halogens is 1. The molecule has 0 aliphatic heterocycles. The lowest BCUT2D eigenvalue weighted by atomic mass is 10.1. The molecule has 0 saturated heterocycles. The van der Waals surface area contributed by atoms with Gasteiger partial charge in [0.2, 0.25) is 0 Å². The zero-order chi connectivity index (χ0) is 13.0. The van der Waals surface area contributed by atoms with Crippen molar-refractivity contribution in [2.24, 2.45) is 0 Å². The van der Waals surface area contributed by atoms with Crippen LogP contribution in [0.5, 0.6) is 0 Å². The van der Waals surface area contributed by atoms with Crippen LogP contribution in [0.1, 0.15) is 11.3 Å². The number of aliphatic hydroxyl groups is 1. The van der Waals surface area contributed by atoms with E-state index in [9.17, 15) is 4.39 Å². The van der Waals surface area contributed by atoms with Gasteiger partial charge in [-0.15, -0.1) is 0 Å². The quantitative estimate of drug-likeness (QED) is 0.903. The molecule has 0 radical (unpaired) electrons. The Morgan fingerprint density at radius 3 is 2.61 bits per heavy atom. The standard InChI is InChI=1S/C14H13FN2O/c1-10-6-7-16-14(17-10)12-4-2-11(3-5-12)8-13(15)9-18/h2-8,18H,9H2,1H3/b13-8+. The molecule has 0 saturated carbocycles. The molecular weight excluding hydrogens is 231 g/mol. The first-order valence-corrected chi connectivity index (χ1v) is 5.56. The van der Waals surface area contributed by atoms with Gasteiger partial charge in [-0.25, -0.2) is 14.4 Å². The number of rotatable bonds is 3. The number of hydrogen-bond acceptors (Lipinski definition) is 3. The summed E-state index contributed by atoms with van der Waals surface area (Å²) in [6, 6.07) is 9.00. The SMILES string of the molecule is Cc1ccnc(-c2ccc(/C=C(/F)CO)cc2)n1. The summed E-state index contributed by atoms with van der Waals surface area (Å²) in [6.45, 7) is 1.32. The summed E-state index contributed by atoms with van der Waals surface area (Å²) in [5.41, 5.74) is 2.47. The lowest BCUT2D eigenvalue weighted by Gasteiger charge is -2.01. The molecule has 0 spiro atoms. The Morgan fingerprint density at radius 2 is 2.00 bits per heavy atom. The average Bonchev–Trinajstić information content (AvgIpc) is 2.39. The van der Waals surface area contributed by atoms with Crippen LogP contribution in [0.4, 0.5) is 4.39 Å². The molecule has 4 heteroatoms. The van der Waals surface area contributed by atoms with Crippen LogP contribution in [0.15, 0.2) is 42.4 Å². The molecule has 2 aromatic rings. The monoisotopic (exact) mass is 244 g/mol. The van der Waals surface area contributed by atoms with Crippen molar-refractivity contribution >= 4 is 6.08 Å². The van der Waals surface area contributed by atoms with E-state index in [1.165, 1.54) is 6.08 Å². The van der Waals surface area contributed by atoms with E-state index in [2.05, 4.69) is 9.97 Å². The average molecular weight is 244 g/mol. The van der Waals surface area contributed by atoms with Crippen molar-refractivity contribution in [1.29, 1.82) is 0 Å². The highest BCUT2D eigenvalue weighted by atomic mass is 19.1. The maximum atomic E-state index is 12.9. The summed E-state index contributed by atoms with van der Waals surface area (Å²) in [7, 11) is 0. The van der Waals surface area contributed by atoms with Gasteiger partial charge in [-0.05, 0) is 24.6 Å². The van der Waals surface area contributed by atoms with E-state index in [-0.39, 0.29) is 0 Å². The molecular formula is C14H13FN2O. The first-order valence-electron chi connectivity index (χ1n) is 5.56. The van der Waals surface area contributed by atoms with E-state index in [4.69, 9.17) is 5.11 Å². The zero-order valence-electron chi connectivity index (χ0n) is 9.97. The maximum Gasteiger partial charge on any atom is 0.159 e. The molecule has 1 heterocycles. The number of nitrogens with zero attached hydrogens (tertiary/aromatic N) is 2. The van der Waals surface area contributed by atoms with E-state index < -0.39 is 12.4 Å². The molecule has 1 aromatic carbocycles. The normalized spacial score (nSPS) is 11.6. The summed E-state index contributed by atoms with van der Waals surface area (Å²) >= 11 is 0. The van der Waals surface area contributed by atoms with Crippen molar-refractivity contribution < 1.29 is 9.50 Å². The third-order valence-corrected chi connectivity index (χ3v) is 2.44. The van der Waals surface area contributed by atoms with Crippen LogP contribution in [0.25, 0.3) is 17.5 Å².